The second kappa shape index (κ2) is 16.6. The summed E-state index contributed by atoms with van der Waals surface area (Å²) in [4.78, 5) is 55.5. The number of para-hydroxylation sites is 1. The fourth-order valence-corrected chi connectivity index (χ4v) is 8.47. The summed E-state index contributed by atoms with van der Waals surface area (Å²) in [6.07, 6.45) is -7.33. The van der Waals surface area contributed by atoms with Crippen LogP contribution in [0.1, 0.15) is 67.3 Å². The molecule has 0 spiro atoms. The fraction of sp³-hybridized carbons (Fsp3) is 0.415. The Bertz CT molecular complexity index is 2220. The summed E-state index contributed by atoms with van der Waals surface area (Å²) in [5.41, 5.74) is 4.74. The van der Waals surface area contributed by atoms with E-state index in [1.165, 1.54) is 30.5 Å². The Labute approximate surface area is 342 Å². The summed E-state index contributed by atoms with van der Waals surface area (Å²) in [5.74, 6) is -3.34. The number of carbonyl (C=O) groups excluding carboxylic acids is 4. The maximum atomic E-state index is 14.7. The lowest BCUT2D eigenvalue weighted by Gasteiger charge is -2.47. The topological polar surface area (TPSA) is 292 Å². The number of hydrogen-bond donors (Lipinski definition) is 10. The average Bonchev–Trinajstić information content (AvgIpc) is 3.65. The van der Waals surface area contributed by atoms with Crippen LogP contribution in [-0.4, -0.2) is 136 Å². The summed E-state index contributed by atoms with van der Waals surface area (Å²) >= 11 is 0. The number of anilines is 1. The van der Waals surface area contributed by atoms with E-state index in [9.17, 15) is 49.8 Å². The molecule has 8 rings (SSSR count). The van der Waals surface area contributed by atoms with Gasteiger partial charge in [0.25, 0.3) is 0 Å². The van der Waals surface area contributed by atoms with E-state index in [4.69, 9.17) is 24.7 Å². The molecule has 3 aromatic carbocycles. The maximum absolute atomic E-state index is 14.7. The molecule has 10 unspecified atom stereocenters. The zero-order valence-corrected chi connectivity index (χ0v) is 32.0. The lowest BCUT2D eigenvalue weighted by atomic mass is 9.79. The summed E-state index contributed by atoms with van der Waals surface area (Å²) in [7, 11) is 0. The molecule has 19 nitrogen and oxygen atoms in total. The van der Waals surface area contributed by atoms with Gasteiger partial charge in [-0.25, -0.2) is 0 Å². The second-order valence-corrected chi connectivity index (χ2v) is 15.2. The number of hydrogen-bond acceptors (Lipinski definition) is 18. The van der Waals surface area contributed by atoms with Gasteiger partial charge >= 0.3 is 0 Å². The number of allylic oxidation sites excluding steroid dienone is 1. The van der Waals surface area contributed by atoms with Gasteiger partial charge in [-0.2, -0.15) is 0 Å². The van der Waals surface area contributed by atoms with Crippen molar-refractivity contribution >= 4 is 29.4 Å². The molecule has 1 amide bonds. The first-order chi connectivity index (χ1) is 28.9. The molecule has 10 atom stereocenters. The number of rotatable bonds is 10. The lowest BCUT2D eigenvalue weighted by Crippen LogP contribution is -2.70. The fourth-order valence-electron chi connectivity index (χ4n) is 8.47. The van der Waals surface area contributed by atoms with Crippen LogP contribution in [0.3, 0.4) is 0 Å². The van der Waals surface area contributed by atoms with Crippen molar-refractivity contribution in [2.45, 2.75) is 80.2 Å². The molecular formula is C41H45N5O14. The number of nitrogens with zero attached hydrogens (tertiary/aromatic N) is 1. The molecule has 60 heavy (non-hydrogen) atoms. The van der Waals surface area contributed by atoms with Crippen molar-refractivity contribution in [3.8, 4) is 11.5 Å². The van der Waals surface area contributed by atoms with Crippen molar-refractivity contribution in [3.63, 3.8) is 0 Å². The van der Waals surface area contributed by atoms with E-state index in [1.54, 1.807) is 30.3 Å². The van der Waals surface area contributed by atoms with Gasteiger partial charge in [0.2, 0.25) is 12.2 Å². The number of carbonyl (C=O) groups is 4. The van der Waals surface area contributed by atoms with Crippen LogP contribution in [0.25, 0.3) is 0 Å². The van der Waals surface area contributed by atoms with E-state index >= 15 is 0 Å². The quantitative estimate of drug-likeness (QED) is 0.0768. The molecule has 2 bridgehead atoms. The molecule has 0 saturated carbocycles. The minimum absolute atomic E-state index is 0.0325. The van der Waals surface area contributed by atoms with Crippen LogP contribution in [0.5, 0.6) is 11.5 Å². The summed E-state index contributed by atoms with van der Waals surface area (Å²) in [5, 5.41) is 74.3. The van der Waals surface area contributed by atoms with E-state index in [0.29, 0.717) is 23.1 Å². The first-order valence-corrected chi connectivity index (χ1v) is 19.4. The van der Waals surface area contributed by atoms with Crippen molar-refractivity contribution in [2.24, 2.45) is 5.73 Å². The molecule has 3 aromatic rings. The van der Waals surface area contributed by atoms with Crippen LogP contribution >= 0.6 is 0 Å². The third kappa shape index (κ3) is 7.11. The lowest BCUT2D eigenvalue weighted by molar-refractivity contribution is -0.323. The first-order valence-electron chi connectivity index (χ1n) is 19.4. The largest absolute Gasteiger partial charge is 0.499 e. The van der Waals surface area contributed by atoms with Gasteiger partial charge in [-0.1, -0.05) is 24.3 Å². The molecule has 11 N–H and O–H groups in total. The molecule has 5 aliphatic rings. The van der Waals surface area contributed by atoms with Gasteiger partial charge in [0, 0.05) is 53.3 Å². The van der Waals surface area contributed by atoms with E-state index in [2.05, 4.69) is 16.0 Å². The van der Waals surface area contributed by atoms with Crippen LogP contribution in [0.15, 0.2) is 60.9 Å². The van der Waals surface area contributed by atoms with Gasteiger partial charge in [-0.15, -0.1) is 0 Å². The Morgan fingerprint density at radius 1 is 1.03 bits per heavy atom. The average molecular weight is 832 g/mol. The third-order valence-corrected chi connectivity index (χ3v) is 11.5. The molecular weight excluding hydrogens is 786 g/mol. The zero-order valence-electron chi connectivity index (χ0n) is 32.0. The van der Waals surface area contributed by atoms with E-state index < -0.39 is 104 Å². The number of ketones is 2. The zero-order chi connectivity index (χ0) is 42.5. The molecule has 0 radical (unpaired) electrons. The van der Waals surface area contributed by atoms with Gasteiger partial charge in [0.05, 0.1) is 31.2 Å². The summed E-state index contributed by atoms with van der Waals surface area (Å²) in [6.45, 7) is -1.90. The number of benzene rings is 3. The highest BCUT2D eigenvalue weighted by Gasteiger charge is 2.57. The van der Waals surface area contributed by atoms with E-state index in [0.717, 1.165) is 0 Å². The van der Waals surface area contributed by atoms with Crippen LogP contribution < -0.4 is 36.1 Å². The minimum Gasteiger partial charge on any atom is -0.499 e. The monoisotopic (exact) mass is 831 g/mol. The molecule has 318 valence electrons. The van der Waals surface area contributed by atoms with E-state index in [-0.39, 0.29) is 59.2 Å². The van der Waals surface area contributed by atoms with Crippen molar-refractivity contribution in [2.75, 3.05) is 31.4 Å². The molecule has 3 fully saturated rings. The molecule has 0 aromatic heterocycles. The van der Waals surface area contributed by atoms with Crippen LogP contribution in [0, 0.1) is 0 Å². The van der Waals surface area contributed by atoms with Crippen molar-refractivity contribution in [1.82, 2.24) is 16.0 Å². The molecule has 4 heterocycles. The van der Waals surface area contributed by atoms with Crippen LogP contribution in [0.2, 0.25) is 0 Å². The Hall–Kier alpha value is -5.32. The Kier molecular flexibility index (Phi) is 11.5. The smallest absolute Gasteiger partial charge is 0.242 e. The number of aliphatic hydroxyl groups excluding tert-OH is 5. The SMILES string of the molecule is NC1NC(=O)C2NCN(c3ccccc3C3C=COCC4OC(Oc5c3cc3c(c5OCC(O)CC=O)C(=O)c5cc(CO)ccc5C3=O)C(O)(CCO)C(O)C4O)C2N1. The number of nitrogens with two attached hydrogens (primary N) is 1. The summed E-state index contributed by atoms with van der Waals surface area (Å²) in [6, 6.07) is 12.2. The highest BCUT2D eigenvalue weighted by molar-refractivity contribution is 6.29. The van der Waals surface area contributed by atoms with Gasteiger partial charge < -0.3 is 64.6 Å². The van der Waals surface area contributed by atoms with Crippen molar-refractivity contribution in [1.29, 1.82) is 0 Å². The van der Waals surface area contributed by atoms with Crippen LogP contribution in [0.4, 0.5) is 5.69 Å². The summed E-state index contributed by atoms with van der Waals surface area (Å²) < 4.78 is 24.8. The Morgan fingerprint density at radius 2 is 1.83 bits per heavy atom. The highest BCUT2D eigenvalue weighted by Crippen LogP contribution is 2.50. The first kappa shape index (κ1) is 41.4. The molecule has 19 heteroatoms. The predicted molar refractivity (Wildman–Crippen MR) is 206 cm³/mol. The normalized spacial score (nSPS) is 30.1. The molecule has 1 aliphatic carbocycles. The third-order valence-electron chi connectivity index (χ3n) is 11.5. The highest BCUT2D eigenvalue weighted by atomic mass is 16.7. The van der Waals surface area contributed by atoms with Crippen LogP contribution in [-0.2, 0) is 25.7 Å². The number of amides is 1. The number of nitrogens with one attached hydrogen (secondary N) is 3. The Morgan fingerprint density at radius 3 is 2.60 bits per heavy atom. The predicted octanol–water partition coefficient (Wildman–Crippen LogP) is -2.08. The Balaban J connectivity index is 1.39. The van der Waals surface area contributed by atoms with Crippen molar-refractivity contribution < 1.29 is 68.8 Å². The minimum atomic E-state index is -2.49. The van der Waals surface area contributed by atoms with Crippen molar-refractivity contribution in [3.05, 3.63) is 99.8 Å². The van der Waals surface area contributed by atoms with Gasteiger partial charge in [0.1, 0.15) is 56.3 Å². The number of aldehydes is 1. The van der Waals surface area contributed by atoms with Gasteiger partial charge in [0.15, 0.2) is 28.7 Å². The van der Waals surface area contributed by atoms with E-state index in [1.807, 2.05) is 4.90 Å². The maximum Gasteiger partial charge on any atom is 0.242 e. The molecule has 4 aliphatic heterocycles. The number of fused-ring (bicyclic) bond motifs is 6. The van der Waals surface area contributed by atoms with Gasteiger partial charge in [-0.3, -0.25) is 30.8 Å². The number of ether oxygens (including phenoxy) is 4. The second-order valence-electron chi connectivity index (χ2n) is 15.2. The number of aliphatic hydroxyl groups is 6. The standard InChI is InChI=1S/C41H45N5O14/c42-40-44-37-30(38(55)45-40)43-18-46(37)27-4-2-1-3-22(27)21-8-12-57-17-28-33(53)36(54)41(56,9-11-48)39(59-28)60-34-25(21)14-26-29(35(34)58-16-20(50)7-10-47)32(52)24-13-19(15-49)5-6-23(24)31(26)51/h1-6,8,10,12-14,20-21,28,30,33,36-37,39-40,43-44,48-50,53-54,56H,7,9,11,15-18,42H2,(H,45,55). The molecule has 3 saturated heterocycles. The van der Waals surface area contributed by atoms with Gasteiger partial charge in [-0.05, 0) is 41.5 Å².